The van der Waals surface area contributed by atoms with Gasteiger partial charge in [-0.25, -0.2) is 4.79 Å². The third kappa shape index (κ3) is 8.27. The summed E-state index contributed by atoms with van der Waals surface area (Å²) >= 11 is 0. The number of amides is 2. The van der Waals surface area contributed by atoms with Gasteiger partial charge in [-0.05, 0) is 60.7 Å². The Labute approximate surface area is 211 Å². The minimum absolute atomic E-state index is 0.135. The normalized spacial score (nSPS) is 11.4. The maximum atomic E-state index is 12.7. The highest BCUT2D eigenvalue weighted by atomic mass is 16.5. The van der Waals surface area contributed by atoms with Gasteiger partial charge in [0.1, 0.15) is 18.4 Å². The zero-order valence-corrected chi connectivity index (χ0v) is 20.8. The van der Waals surface area contributed by atoms with Crippen molar-refractivity contribution in [3.05, 3.63) is 95.6 Å². The third-order valence-electron chi connectivity index (χ3n) is 5.42. The van der Waals surface area contributed by atoms with E-state index < -0.39 is 24.5 Å². The van der Waals surface area contributed by atoms with Gasteiger partial charge >= 0.3 is 5.97 Å². The highest BCUT2D eigenvalue weighted by molar-refractivity contribution is 5.98. The van der Waals surface area contributed by atoms with Gasteiger partial charge < -0.3 is 20.1 Å². The number of hydrogen-bond donors (Lipinski definition) is 2. The summed E-state index contributed by atoms with van der Waals surface area (Å²) in [6.45, 7) is 5.71. The fourth-order valence-corrected chi connectivity index (χ4v) is 3.56. The van der Waals surface area contributed by atoms with Crippen molar-refractivity contribution in [2.45, 2.75) is 39.8 Å². The molecule has 0 heterocycles. The Morgan fingerprint density at radius 2 is 1.53 bits per heavy atom. The second-order valence-electron chi connectivity index (χ2n) is 8.93. The quantitative estimate of drug-likeness (QED) is 0.375. The predicted octanol–water partition coefficient (Wildman–Crippen LogP) is 4.90. The molecule has 0 aliphatic heterocycles. The molecule has 7 heteroatoms. The SMILES string of the molecule is Cc1ccccc1C(=O)N[C@@H](CC(C)C)C(=O)OCC(=O)Nc1ccc(OCc2ccccc2)cc1. The zero-order valence-electron chi connectivity index (χ0n) is 20.8. The molecule has 0 unspecified atom stereocenters. The molecule has 0 aliphatic rings. The van der Waals surface area contributed by atoms with Crippen LogP contribution in [0.3, 0.4) is 0 Å². The summed E-state index contributed by atoms with van der Waals surface area (Å²) in [5, 5.41) is 5.44. The first-order valence-corrected chi connectivity index (χ1v) is 11.9. The van der Waals surface area contributed by atoms with Gasteiger partial charge in [0.05, 0.1) is 0 Å². The molecule has 36 heavy (non-hydrogen) atoms. The number of anilines is 1. The van der Waals surface area contributed by atoms with Crippen LogP contribution < -0.4 is 15.4 Å². The van der Waals surface area contributed by atoms with Crippen LogP contribution in [-0.2, 0) is 20.9 Å². The molecule has 0 aromatic heterocycles. The maximum absolute atomic E-state index is 12.7. The first-order valence-electron chi connectivity index (χ1n) is 11.9. The van der Waals surface area contributed by atoms with Crippen molar-refractivity contribution in [2.24, 2.45) is 5.92 Å². The lowest BCUT2D eigenvalue weighted by Crippen LogP contribution is -2.43. The molecule has 2 N–H and O–H groups in total. The van der Waals surface area contributed by atoms with Crippen molar-refractivity contribution in [3.8, 4) is 5.75 Å². The molecule has 188 valence electrons. The fraction of sp³-hybridized carbons (Fsp3) is 0.276. The smallest absolute Gasteiger partial charge is 0.329 e. The Balaban J connectivity index is 1.49. The van der Waals surface area contributed by atoms with Crippen molar-refractivity contribution < 1.29 is 23.9 Å². The van der Waals surface area contributed by atoms with Crippen LogP contribution in [0.4, 0.5) is 5.69 Å². The lowest BCUT2D eigenvalue weighted by molar-refractivity contribution is -0.149. The Morgan fingerprint density at radius 1 is 0.861 bits per heavy atom. The van der Waals surface area contributed by atoms with Gasteiger partial charge in [0.2, 0.25) is 0 Å². The van der Waals surface area contributed by atoms with E-state index in [4.69, 9.17) is 9.47 Å². The number of carbonyl (C=O) groups excluding carboxylic acids is 3. The molecule has 0 saturated carbocycles. The van der Waals surface area contributed by atoms with Crippen LogP contribution in [0, 0.1) is 12.8 Å². The highest BCUT2D eigenvalue weighted by Crippen LogP contribution is 2.17. The number of nitrogens with one attached hydrogen (secondary N) is 2. The van der Waals surface area contributed by atoms with E-state index in [2.05, 4.69) is 10.6 Å². The standard InChI is InChI=1S/C29H32N2O5/c1-20(2)17-26(31-28(33)25-12-8-7-9-21(25)3)29(34)36-19-27(32)30-23-13-15-24(16-14-23)35-18-22-10-5-4-6-11-22/h4-16,20,26H,17-19H2,1-3H3,(H,30,32)(H,31,33)/t26-/m0/s1. The number of benzene rings is 3. The van der Waals surface area contributed by atoms with E-state index in [-0.39, 0.29) is 11.8 Å². The van der Waals surface area contributed by atoms with E-state index in [1.807, 2.05) is 63.2 Å². The molecule has 2 amide bonds. The van der Waals surface area contributed by atoms with Crippen molar-refractivity contribution in [1.29, 1.82) is 0 Å². The molecule has 0 fully saturated rings. The fourth-order valence-electron chi connectivity index (χ4n) is 3.56. The zero-order chi connectivity index (χ0) is 25.9. The van der Waals surface area contributed by atoms with Gasteiger partial charge in [-0.3, -0.25) is 9.59 Å². The van der Waals surface area contributed by atoms with Crippen LogP contribution in [0.5, 0.6) is 5.75 Å². The van der Waals surface area contributed by atoms with Crippen LogP contribution in [-0.4, -0.2) is 30.4 Å². The predicted molar refractivity (Wildman–Crippen MR) is 139 cm³/mol. The number of esters is 1. The molecule has 3 aromatic carbocycles. The van der Waals surface area contributed by atoms with Crippen LogP contribution in [0.15, 0.2) is 78.9 Å². The summed E-state index contributed by atoms with van der Waals surface area (Å²) < 4.78 is 11.0. The first kappa shape index (κ1) is 26.5. The lowest BCUT2D eigenvalue weighted by atomic mass is 10.0. The second kappa shape index (κ2) is 13.1. The van der Waals surface area contributed by atoms with Crippen LogP contribution in [0.1, 0.15) is 41.8 Å². The monoisotopic (exact) mass is 488 g/mol. The van der Waals surface area contributed by atoms with Gasteiger partial charge in [-0.15, -0.1) is 0 Å². The van der Waals surface area contributed by atoms with Gasteiger partial charge in [0.25, 0.3) is 11.8 Å². The third-order valence-corrected chi connectivity index (χ3v) is 5.42. The highest BCUT2D eigenvalue weighted by Gasteiger charge is 2.25. The molecule has 0 bridgehead atoms. The summed E-state index contributed by atoms with van der Waals surface area (Å²) in [5.41, 5.74) is 2.91. The molecule has 1 atom stereocenters. The minimum atomic E-state index is -0.856. The molecular formula is C29H32N2O5. The minimum Gasteiger partial charge on any atom is -0.489 e. The summed E-state index contributed by atoms with van der Waals surface area (Å²) in [6.07, 6.45) is 0.391. The van der Waals surface area contributed by atoms with Gasteiger partial charge in [0, 0.05) is 11.3 Å². The molecule has 0 saturated heterocycles. The van der Waals surface area contributed by atoms with Crippen molar-refractivity contribution >= 4 is 23.5 Å². The van der Waals surface area contributed by atoms with Crippen LogP contribution >= 0.6 is 0 Å². The van der Waals surface area contributed by atoms with E-state index in [1.165, 1.54) is 0 Å². The largest absolute Gasteiger partial charge is 0.489 e. The number of aryl methyl sites for hydroxylation is 1. The van der Waals surface area contributed by atoms with E-state index in [9.17, 15) is 14.4 Å². The lowest BCUT2D eigenvalue weighted by Gasteiger charge is -2.20. The molecule has 7 nitrogen and oxygen atoms in total. The van der Waals surface area contributed by atoms with Crippen molar-refractivity contribution in [1.82, 2.24) is 5.32 Å². The van der Waals surface area contributed by atoms with Crippen molar-refractivity contribution in [3.63, 3.8) is 0 Å². The Bertz CT molecular complexity index is 1160. The molecule has 0 radical (unpaired) electrons. The van der Waals surface area contributed by atoms with E-state index in [0.29, 0.717) is 30.0 Å². The van der Waals surface area contributed by atoms with Crippen LogP contribution in [0.25, 0.3) is 0 Å². The molecule has 0 spiro atoms. The van der Waals surface area contributed by atoms with E-state index >= 15 is 0 Å². The maximum Gasteiger partial charge on any atom is 0.329 e. The average molecular weight is 489 g/mol. The summed E-state index contributed by atoms with van der Waals surface area (Å²) in [4.78, 5) is 37.7. The summed E-state index contributed by atoms with van der Waals surface area (Å²) in [5.74, 6) is -0.671. The molecular weight excluding hydrogens is 456 g/mol. The average Bonchev–Trinajstić information content (AvgIpc) is 2.87. The Morgan fingerprint density at radius 3 is 2.19 bits per heavy atom. The first-order chi connectivity index (χ1) is 17.3. The molecule has 3 aromatic rings. The molecule has 0 aliphatic carbocycles. The number of ether oxygens (including phenoxy) is 2. The summed E-state index contributed by atoms with van der Waals surface area (Å²) in [6, 6.07) is 23.0. The van der Waals surface area contributed by atoms with Gasteiger partial charge in [-0.2, -0.15) is 0 Å². The Hall–Kier alpha value is -4.13. The van der Waals surface area contributed by atoms with Gasteiger partial charge in [0.15, 0.2) is 6.61 Å². The Kier molecular flexibility index (Phi) is 9.63. The number of rotatable bonds is 11. The number of carbonyl (C=O) groups is 3. The second-order valence-corrected chi connectivity index (χ2v) is 8.93. The topological polar surface area (TPSA) is 93.7 Å². The number of hydrogen-bond acceptors (Lipinski definition) is 5. The van der Waals surface area contributed by atoms with E-state index in [1.54, 1.807) is 36.4 Å². The van der Waals surface area contributed by atoms with Gasteiger partial charge in [-0.1, -0.05) is 62.4 Å². The summed E-state index contributed by atoms with van der Waals surface area (Å²) in [7, 11) is 0. The van der Waals surface area contributed by atoms with E-state index in [0.717, 1.165) is 11.1 Å². The van der Waals surface area contributed by atoms with Crippen LogP contribution in [0.2, 0.25) is 0 Å². The molecule has 3 rings (SSSR count). The van der Waals surface area contributed by atoms with Crippen molar-refractivity contribution in [2.75, 3.05) is 11.9 Å².